The van der Waals surface area contributed by atoms with Crippen LogP contribution < -0.4 is 14.6 Å². The molecule has 1 aliphatic carbocycles. The summed E-state index contributed by atoms with van der Waals surface area (Å²) in [5.74, 6) is 0.857. The van der Waals surface area contributed by atoms with Crippen molar-refractivity contribution < 1.29 is 18.8 Å². The van der Waals surface area contributed by atoms with Crippen LogP contribution in [0.5, 0.6) is 5.75 Å². The number of benzene rings is 1. The van der Waals surface area contributed by atoms with Crippen LogP contribution in [0.15, 0.2) is 54.9 Å². The van der Waals surface area contributed by atoms with Gasteiger partial charge in [0.05, 0.1) is 0 Å². The van der Waals surface area contributed by atoms with E-state index in [2.05, 4.69) is 22.0 Å². The molecule has 0 spiro atoms. The Bertz CT molecular complexity index is 717. The predicted octanol–water partition coefficient (Wildman–Crippen LogP) is 3.46. The number of hydrogen-bond acceptors (Lipinski definition) is 3. The van der Waals surface area contributed by atoms with Gasteiger partial charge in [-0.15, -0.1) is 0 Å². The lowest BCUT2D eigenvalue weighted by Crippen LogP contribution is -2.50. The molecule has 0 bridgehead atoms. The van der Waals surface area contributed by atoms with Gasteiger partial charge in [0.25, 0.3) is 0 Å². The molecule has 1 heterocycles. The van der Waals surface area contributed by atoms with E-state index < -0.39 is 5.60 Å². The number of rotatable bonds is 5. The number of hydrogen-bond donors (Lipinski definition) is 1. The zero-order chi connectivity index (χ0) is 18.6. The van der Waals surface area contributed by atoms with E-state index in [0.29, 0.717) is 0 Å². The molecule has 2 aromatic rings. The van der Waals surface area contributed by atoms with Crippen molar-refractivity contribution in [2.75, 3.05) is 0 Å². The first kappa shape index (κ1) is 18.2. The Morgan fingerprint density at radius 2 is 1.77 bits per heavy atom. The molecular weight excluding hydrogens is 328 g/mol. The molecule has 1 aliphatic rings. The van der Waals surface area contributed by atoms with Crippen molar-refractivity contribution in [1.82, 2.24) is 5.32 Å². The molecule has 0 radical (unpaired) electrons. The lowest BCUT2D eigenvalue weighted by molar-refractivity contribution is -0.688. The molecular formula is C21H27N2O3+. The third kappa shape index (κ3) is 5.48. The highest BCUT2D eigenvalue weighted by Crippen LogP contribution is 2.25. The summed E-state index contributed by atoms with van der Waals surface area (Å²) in [6.07, 6.45) is 5.44. The van der Waals surface area contributed by atoms with Crippen molar-refractivity contribution in [2.24, 2.45) is 0 Å². The number of nitrogens with zero attached hydrogens (tertiary/aromatic N) is 1. The number of nitrogens with one attached hydrogen (secondary N) is 1. The standard InChI is InChI=1S/C21H26N2O3/c1-21(2,3)26-20(24)22-17-13-19(14-17)25-18-9-11-23(12-10-18)15-16-7-5-4-6-8-16/h4-12,17,19H,13-15H2,1-3H3/p+1. The number of amides is 1. The largest absolute Gasteiger partial charge is 0.490 e. The van der Waals surface area contributed by atoms with Crippen molar-refractivity contribution in [3.63, 3.8) is 0 Å². The number of pyridine rings is 1. The second kappa shape index (κ2) is 7.77. The van der Waals surface area contributed by atoms with Crippen molar-refractivity contribution in [2.45, 2.75) is 57.9 Å². The van der Waals surface area contributed by atoms with E-state index in [4.69, 9.17) is 9.47 Å². The Morgan fingerprint density at radius 1 is 1.12 bits per heavy atom. The van der Waals surface area contributed by atoms with Gasteiger partial charge in [-0.2, -0.15) is 0 Å². The second-order valence-electron chi connectivity index (χ2n) is 7.75. The lowest BCUT2D eigenvalue weighted by atomic mass is 9.89. The monoisotopic (exact) mass is 355 g/mol. The third-order valence-electron chi connectivity index (χ3n) is 4.19. The maximum absolute atomic E-state index is 11.7. The highest BCUT2D eigenvalue weighted by Gasteiger charge is 2.33. The summed E-state index contributed by atoms with van der Waals surface area (Å²) >= 11 is 0. The highest BCUT2D eigenvalue weighted by atomic mass is 16.6. The van der Waals surface area contributed by atoms with E-state index in [9.17, 15) is 4.79 Å². The summed E-state index contributed by atoms with van der Waals surface area (Å²) in [4.78, 5) is 11.7. The molecule has 1 aromatic carbocycles. The first-order chi connectivity index (χ1) is 12.4. The van der Waals surface area contributed by atoms with Crippen LogP contribution in [0.1, 0.15) is 39.2 Å². The Morgan fingerprint density at radius 3 is 2.38 bits per heavy atom. The molecule has 0 aliphatic heterocycles. The number of aromatic nitrogens is 1. The van der Waals surface area contributed by atoms with E-state index in [1.807, 2.05) is 63.5 Å². The number of carbonyl (C=O) groups excluding carboxylic acids is 1. The van der Waals surface area contributed by atoms with Gasteiger partial charge in [-0.3, -0.25) is 0 Å². The van der Waals surface area contributed by atoms with E-state index in [-0.39, 0.29) is 18.2 Å². The molecule has 138 valence electrons. The van der Waals surface area contributed by atoms with Crippen LogP contribution in [-0.4, -0.2) is 23.8 Å². The fourth-order valence-electron chi connectivity index (χ4n) is 2.87. The fourth-order valence-corrected chi connectivity index (χ4v) is 2.87. The van der Waals surface area contributed by atoms with E-state index in [1.54, 1.807) is 0 Å². The first-order valence-electron chi connectivity index (χ1n) is 9.06. The third-order valence-corrected chi connectivity index (χ3v) is 4.19. The van der Waals surface area contributed by atoms with Crippen LogP contribution in [0, 0.1) is 0 Å². The molecule has 3 rings (SSSR count). The fraction of sp³-hybridized carbons (Fsp3) is 0.429. The summed E-state index contributed by atoms with van der Waals surface area (Å²) < 4.78 is 13.3. The van der Waals surface area contributed by atoms with Gasteiger partial charge in [-0.1, -0.05) is 30.3 Å². The minimum atomic E-state index is -0.469. The molecule has 1 amide bonds. The van der Waals surface area contributed by atoms with Crippen molar-refractivity contribution >= 4 is 6.09 Å². The molecule has 1 fully saturated rings. The summed E-state index contributed by atoms with van der Waals surface area (Å²) in [5.41, 5.74) is 0.796. The summed E-state index contributed by atoms with van der Waals surface area (Å²) in [5, 5.41) is 2.88. The van der Waals surface area contributed by atoms with Crippen molar-refractivity contribution in [3.05, 3.63) is 60.4 Å². The minimum Gasteiger partial charge on any atom is -0.490 e. The first-order valence-corrected chi connectivity index (χ1v) is 9.06. The normalized spacial score (nSPS) is 19.3. The second-order valence-corrected chi connectivity index (χ2v) is 7.75. The SMILES string of the molecule is CC(C)(C)OC(=O)NC1CC(Oc2cc[n+](Cc3ccccc3)cc2)C1. The molecule has 5 nitrogen and oxygen atoms in total. The van der Waals surface area contributed by atoms with Crippen molar-refractivity contribution in [3.8, 4) is 5.75 Å². The molecule has 1 aromatic heterocycles. The lowest BCUT2D eigenvalue weighted by Gasteiger charge is -2.36. The van der Waals surface area contributed by atoms with Crippen LogP contribution in [0.25, 0.3) is 0 Å². The van der Waals surface area contributed by atoms with Gasteiger partial charge in [0.2, 0.25) is 0 Å². The molecule has 5 heteroatoms. The van der Waals surface area contributed by atoms with Gasteiger partial charge in [-0.05, 0) is 20.8 Å². The van der Waals surface area contributed by atoms with Gasteiger partial charge in [-0.25, -0.2) is 9.36 Å². The van der Waals surface area contributed by atoms with Gasteiger partial charge >= 0.3 is 6.09 Å². The Hall–Kier alpha value is -2.56. The van der Waals surface area contributed by atoms with E-state index in [0.717, 1.165) is 25.1 Å². The topological polar surface area (TPSA) is 51.4 Å². The Balaban J connectivity index is 1.41. The number of carbonyl (C=O) groups is 1. The Kier molecular flexibility index (Phi) is 5.45. The van der Waals surface area contributed by atoms with Crippen LogP contribution in [-0.2, 0) is 11.3 Å². The summed E-state index contributed by atoms with van der Waals surface area (Å²) in [6, 6.07) is 14.4. The predicted molar refractivity (Wildman–Crippen MR) is 99.0 cm³/mol. The van der Waals surface area contributed by atoms with Crippen molar-refractivity contribution in [1.29, 1.82) is 0 Å². The van der Waals surface area contributed by atoms with Crippen LogP contribution >= 0.6 is 0 Å². The number of alkyl carbamates (subject to hydrolysis) is 1. The highest BCUT2D eigenvalue weighted by molar-refractivity contribution is 5.68. The average molecular weight is 355 g/mol. The molecule has 0 unspecified atom stereocenters. The Labute approximate surface area is 155 Å². The molecule has 0 saturated heterocycles. The van der Waals surface area contributed by atoms with Crippen LogP contribution in [0.3, 0.4) is 0 Å². The smallest absolute Gasteiger partial charge is 0.407 e. The number of ether oxygens (including phenoxy) is 2. The van der Waals surface area contributed by atoms with Gasteiger partial charge in [0.1, 0.15) is 17.5 Å². The minimum absolute atomic E-state index is 0.126. The van der Waals surface area contributed by atoms with E-state index >= 15 is 0 Å². The summed E-state index contributed by atoms with van der Waals surface area (Å²) in [7, 11) is 0. The van der Waals surface area contributed by atoms with Gasteiger partial charge in [0.15, 0.2) is 18.9 Å². The molecule has 26 heavy (non-hydrogen) atoms. The van der Waals surface area contributed by atoms with E-state index in [1.165, 1.54) is 5.56 Å². The molecule has 0 atom stereocenters. The van der Waals surface area contributed by atoms with Crippen LogP contribution in [0.2, 0.25) is 0 Å². The zero-order valence-electron chi connectivity index (χ0n) is 15.6. The van der Waals surface area contributed by atoms with Crippen LogP contribution in [0.4, 0.5) is 4.79 Å². The maximum Gasteiger partial charge on any atom is 0.407 e. The average Bonchev–Trinajstić information content (AvgIpc) is 2.54. The molecule has 1 N–H and O–H groups in total. The molecule has 1 saturated carbocycles. The van der Waals surface area contributed by atoms with Gasteiger partial charge < -0.3 is 14.8 Å². The maximum atomic E-state index is 11.7. The summed E-state index contributed by atoms with van der Waals surface area (Å²) in [6.45, 7) is 6.42. The van der Waals surface area contributed by atoms with Gasteiger partial charge in [0, 0.05) is 36.6 Å². The quantitative estimate of drug-likeness (QED) is 0.836. The zero-order valence-corrected chi connectivity index (χ0v) is 15.6.